The molecule has 1 heterocycles. The Morgan fingerprint density at radius 2 is 1.55 bits per heavy atom. The molecule has 0 radical (unpaired) electrons. The maximum absolute atomic E-state index is 13.4. The Bertz CT molecular complexity index is 1050. The first-order valence-electron chi connectivity index (χ1n) is 10.0. The van der Waals surface area contributed by atoms with E-state index in [0.29, 0.717) is 30.2 Å². The van der Waals surface area contributed by atoms with Crippen molar-refractivity contribution >= 4 is 23.4 Å². The molecule has 0 spiro atoms. The number of nitrogens with zero attached hydrogens (tertiary/aromatic N) is 1. The predicted molar refractivity (Wildman–Crippen MR) is 123 cm³/mol. The molecular weight excluding hydrogens is 410 g/mol. The molecule has 160 valence electrons. The minimum atomic E-state index is -0.0804. The summed E-state index contributed by atoms with van der Waals surface area (Å²) in [7, 11) is 4.79. The molecule has 1 atom stereocenters. The SMILES string of the molecule is COc1cc([C@H]2CC(=O)N(Cc3ccccc3)c3ccccc3S2)cc(OC)c1OC. The Balaban J connectivity index is 1.73. The highest BCUT2D eigenvalue weighted by Gasteiger charge is 2.30. The molecule has 1 aliphatic rings. The number of rotatable bonds is 6. The third kappa shape index (κ3) is 4.35. The summed E-state index contributed by atoms with van der Waals surface area (Å²) in [5, 5.41) is -0.0804. The van der Waals surface area contributed by atoms with E-state index in [9.17, 15) is 4.79 Å². The second-order valence-electron chi connectivity index (χ2n) is 7.20. The number of thioether (sulfide) groups is 1. The van der Waals surface area contributed by atoms with Crippen LogP contribution in [0.1, 0.15) is 22.8 Å². The van der Waals surface area contributed by atoms with Crippen molar-refractivity contribution < 1.29 is 19.0 Å². The van der Waals surface area contributed by atoms with Gasteiger partial charge in [-0.05, 0) is 35.4 Å². The number of anilines is 1. The topological polar surface area (TPSA) is 48.0 Å². The molecule has 5 nitrogen and oxygen atoms in total. The van der Waals surface area contributed by atoms with Crippen LogP contribution in [0.3, 0.4) is 0 Å². The molecule has 0 fully saturated rings. The third-order valence-corrected chi connectivity index (χ3v) is 6.65. The number of hydrogen-bond donors (Lipinski definition) is 0. The number of benzene rings is 3. The number of fused-ring (bicyclic) bond motifs is 1. The van der Waals surface area contributed by atoms with Crippen LogP contribution in [0.5, 0.6) is 17.2 Å². The molecule has 0 saturated carbocycles. The normalized spacial score (nSPS) is 15.8. The molecule has 3 aromatic rings. The Hall–Kier alpha value is -3.12. The van der Waals surface area contributed by atoms with Crippen LogP contribution >= 0.6 is 11.8 Å². The standard InChI is InChI=1S/C25H25NO4S/c1-28-20-13-18(14-21(29-2)25(20)30-3)23-15-24(27)26(16-17-9-5-4-6-10-17)19-11-7-8-12-22(19)31-23/h4-14,23H,15-16H2,1-3H3/t23-/m1/s1. The lowest BCUT2D eigenvalue weighted by atomic mass is 10.1. The van der Waals surface area contributed by atoms with Crippen molar-refractivity contribution in [3.05, 3.63) is 77.9 Å². The van der Waals surface area contributed by atoms with E-state index in [2.05, 4.69) is 6.07 Å². The van der Waals surface area contributed by atoms with Gasteiger partial charge in [0.2, 0.25) is 11.7 Å². The van der Waals surface area contributed by atoms with Gasteiger partial charge in [-0.3, -0.25) is 4.79 Å². The fraction of sp³-hybridized carbons (Fsp3) is 0.240. The van der Waals surface area contributed by atoms with Gasteiger partial charge in [0, 0.05) is 16.6 Å². The van der Waals surface area contributed by atoms with Gasteiger partial charge >= 0.3 is 0 Å². The van der Waals surface area contributed by atoms with E-state index in [4.69, 9.17) is 14.2 Å². The van der Waals surface area contributed by atoms with Gasteiger partial charge in [-0.2, -0.15) is 0 Å². The quantitative estimate of drug-likeness (QED) is 0.513. The summed E-state index contributed by atoms with van der Waals surface area (Å²) in [5.74, 6) is 1.80. The highest BCUT2D eigenvalue weighted by atomic mass is 32.2. The van der Waals surface area contributed by atoms with Gasteiger partial charge in [-0.1, -0.05) is 42.5 Å². The Labute approximate surface area is 186 Å². The van der Waals surface area contributed by atoms with Crippen LogP contribution in [0.4, 0.5) is 5.69 Å². The zero-order valence-corrected chi connectivity index (χ0v) is 18.6. The van der Waals surface area contributed by atoms with Gasteiger partial charge in [0.05, 0.1) is 33.6 Å². The van der Waals surface area contributed by atoms with Crippen LogP contribution in [-0.2, 0) is 11.3 Å². The summed E-state index contributed by atoms with van der Waals surface area (Å²) in [6, 6.07) is 22.0. The highest BCUT2D eigenvalue weighted by Crippen LogP contribution is 2.49. The fourth-order valence-corrected chi connectivity index (χ4v) is 5.05. The van der Waals surface area contributed by atoms with Gasteiger partial charge in [0.25, 0.3) is 0 Å². The first-order chi connectivity index (χ1) is 15.1. The van der Waals surface area contributed by atoms with Crippen LogP contribution in [0.25, 0.3) is 0 Å². The zero-order valence-electron chi connectivity index (χ0n) is 17.8. The van der Waals surface area contributed by atoms with E-state index in [1.54, 1.807) is 33.1 Å². The molecule has 1 amide bonds. The van der Waals surface area contributed by atoms with Crippen LogP contribution < -0.4 is 19.1 Å². The number of amides is 1. The van der Waals surface area contributed by atoms with Crippen LogP contribution in [0, 0.1) is 0 Å². The van der Waals surface area contributed by atoms with Crippen molar-refractivity contribution in [2.75, 3.05) is 26.2 Å². The molecule has 0 bridgehead atoms. The monoisotopic (exact) mass is 435 g/mol. The first-order valence-corrected chi connectivity index (χ1v) is 10.9. The molecule has 0 aromatic heterocycles. The van der Waals surface area contributed by atoms with Gasteiger partial charge < -0.3 is 19.1 Å². The molecule has 3 aromatic carbocycles. The van der Waals surface area contributed by atoms with E-state index in [1.165, 1.54) is 0 Å². The average molecular weight is 436 g/mol. The highest BCUT2D eigenvalue weighted by molar-refractivity contribution is 7.99. The number of hydrogen-bond acceptors (Lipinski definition) is 5. The van der Waals surface area contributed by atoms with Crippen molar-refractivity contribution in [3.8, 4) is 17.2 Å². The molecule has 6 heteroatoms. The lowest BCUT2D eigenvalue weighted by Crippen LogP contribution is -2.30. The summed E-state index contributed by atoms with van der Waals surface area (Å²) in [4.78, 5) is 16.4. The van der Waals surface area contributed by atoms with Gasteiger partial charge in [-0.15, -0.1) is 11.8 Å². The van der Waals surface area contributed by atoms with Crippen LogP contribution in [-0.4, -0.2) is 27.2 Å². The lowest BCUT2D eigenvalue weighted by Gasteiger charge is -2.23. The maximum atomic E-state index is 13.4. The smallest absolute Gasteiger partial charge is 0.228 e. The first kappa shape index (κ1) is 21.1. The summed E-state index contributed by atoms with van der Waals surface area (Å²) in [6.07, 6.45) is 0.366. The second-order valence-corrected chi connectivity index (χ2v) is 8.45. The van der Waals surface area contributed by atoms with Crippen molar-refractivity contribution in [2.24, 2.45) is 0 Å². The largest absolute Gasteiger partial charge is 0.493 e. The Morgan fingerprint density at radius 3 is 2.19 bits per heavy atom. The van der Waals surface area contributed by atoms with E-state index in [1.807, 2.05) is 65.6 Å². The Kier molecular flexibility index (Phi) is 6.37. The molecule has 4 rings (SSSR count). The molecule has 1 aliphatic heterocycles. The van der Waals surface area contributed by atoms with Gasteiger partial charge in [0.15, 0.2) is 11.5 Å². The van der Waals surface area contributed by atoms with Crippen molar-refractivity contribution in [1.82, 2.24) is 0 Å². The molecular formula is C25H25NO4S. The second kappa shape index (κ2) is 9.35. The zero-order chi connectivity index (χ0) is 21.8. The maximum Gasteiger partial charge on any atom is 0.228 e. The van der Waals surface area contributed by atoms with Crippen LogP contribution in [0.15, 0.2) is 71.6 Å². The van der Waals surface area contributed by atoms with Crippen molar-refractivity contribution in [2.45, 2.75) is 23.1 Å². The molecule has 0 unspecified atom stereocenters. The molecule has 0 aliphatic carbocycles. The van der Waals surface area contributed by atoms with Crippen molar-refractivity contribution in [3.63, 3.8) is 0 Å². The van der Waals surface area contributed by atoms with Gasteiger partial charge in [0.1, 0.15) is 0 Å². The minimum absolute atomic E-state index is 0.0804. The minimum Gasteiger partial charge on any atom is -0.493 e. The number of carbonyl (C=O) groups excluding carboxylic acids is 1. The number of ether oxygens (including phenoxy) is 3. The Morgan fingerprint density at radius 1 is 0.903 bits per heavy atom. The number of methoxy groups -OCH3 is 3. The summed E-state index contributed by atoms with van der Waals surface area (Å²) >= 11 is 1.69. The number of para-hydroxylation sites is 1. The lowest BCUT2D eigenvalue weighted by molar-refractivity contribution is -0.118. The molecule has 31 heavy (non-hydrogen) atoms. The van der Waals surface area contributed by atoms with E-state index in [-0.39, 0.29) is 11.2 Å². The summed E-state index contributed by atoms with van der Waals surface area (Å²) in [5.41, 5.74) is 3.00. The molecule has 0 saturated heterocycles. The summed E-state index contributed by atoms with van der Waals surface area (Å²) in [6.45, 7) is 0.541. The van der Waals surface area contributed by atoms with Crippen LogP contribution in [0.2, 0.25) is 0 Å². The van der Waals surface area contributed by atoms with E-state index >= 15 is 0 Å². The summed E-state index contributed by atoms with van der Waals surface area (Å²) < 4.78 is 16.5. The predicted octanol–water partition coefficient (Wildman–Crippen LogP) is 5.48. The molecule has 0 N–H and O–H groups in total. The van der Waals surface area contributed by atoms with Crippen molar-refractivity contribution in [1.29, 1.82) is 0 Å². The van der Waals surface area contributed by atoms with Gasteiger partial charge in [-0.25, -0.2) is 0 Å². The third-order valence-electron chi connectivity index (χ3n) is 5.33. The van der Waals surface area contributed by atoms with E-state index < -0.39 is 0 Å². The fourth-order valence-electron chi connectivity index (χ4n) is 3.79. The van der Waals surface area contributed by atoms with E-state index in [0.717, 1.165) is 21.7 Å². The number of carbonyl (C=O) groups is 1. The average Bonchev–Trinajstić information content (AvgIpc) is 2.95.